The minimum Gasteiger partial charge on any atom is -0.466 e. The third kappa shape index (κ3) is 7.31. The van der Waals surface area contributed by atoms with Gasteiger partial charge in [-0.1, -0.05) is 12.1 Å². The molecule has 2 N–H and O–H groups in total. The minimum atomic E-state index is -0.110. The van der Waals surface area contributed by atoms with E-state index in [2.05, 4.69) is 22.8 Å². The molecule has 1 aromatic rings. The Morgan fingerprint density at radius 2 is 1.62 bits per heavy atom. The summed E-state index contributed by atoms with van der Waals surface area (Å²) in [6, 6.07) is 8.29. The summed E-state index contributed by atoms with van der Waals surface area (Å²) in [7, 11) is 0. The first kappa shape index (κ1) is 23.7. The molecule has 1 saturated carbocycles. The lowest BCUT2D eigenvalue weighted by Crippen LogP contribution is -2.30. The van der Waals surface area contributed by atoms with E-state index in [1.54, 1.807) is 0 Å². The summed E-state index contributed by atoms with van der Waals surface area (Å²) in [6.45, 7) is 4.55. The van der Waals surface area contributed by atoms with E-state index in [1.807, 2.05) is 19.1 Å². The fourth-order valence-corrected chi connectivity index (χ4v) is 4.39. The van der Waals surface area contributed by atoms with Crippen molar-refractivity contribution in [2.24, 2.45) is 17.8 Å². The average Bonchev–Trinajstić information content (AvgIpc) is 2.74. The lowest BCUT2D eigenvalue weighted by atomic mass is 9.81. The Hall–Kier alpha value is -1.59. The van der Waals surface area contributed by atoms with Crippen molar-refractivity contribution in [2.45, 2.75) is 58.3 Å². The Bertz CT molecular complexity index is 636. The first-order chi connectivity index (χ1) is 13.7. The van der Waals surface area contributed by atoms with Crippen LogP contribution in [0, 0.1) is 17.8 Å². The van der Waals surface area contributed by atoms with Crippen LogP contribution in [0.3, 0.4) is 0 Å². The maximum Gasteiger partial charge on any atom is 0.308 e. The molecule has 1 aliphatic carbocycles. The van der Waals surface area contributed by atoms with Crippen molar-refractivity contribution in [1.29, 1.82) is 0 Å². The van der Waals surface area contributed by atoms with Gasteiger partial charge >= 0.3 is 5.97 Å². The topological polar surface area (TPSA) is 67.4 Å². The number of carbonyl (C=O) groups is 2. The number of hydrogen-bond acceptors (Lipinski definition) is 4. The number of piperidine rings is 1. The molecule has 5 nitrogen and oxygen atoms in total. The smallest absolute Gasteiger partial charge is 0.308 e. The monoisotopic (exact) mass is 422 g/mol. The molecule has 1 aromatic carbocycles. The second-order valence-electron chi connectivity index (χ2n) is 8.22. The van der Waals surface area contributed by atoms with Gasteiger partial charge in [-0.15, -0.1) is 12.4 Å². The van der Waals surface area contributed by atoms with E-state index >= 15 is 0 Å². The standard InChI is InChI=1S/C23H34N2O3.ClH/c1-2-28-23(27)20-9-7-19(8-10-20)22(26)25-21-11-5-17(6-12-21)3-4-18-13-15-24-16-14-18;/h5-6,11-12,18-20,24H,2-4,7-10,13-16H2,1H3,(H,25,26);1H. The minimum absolute atomic E-state index is 0. The number of esters is 1. The molecule has 0 radical (unpaired) electrons. The van der Waals surface area contributed by atoms with Gasteiger partial charge in [0.1, 0.15) is 0 Å². The van der Waals surface area contributed by atoms with Crippen LogP contribution >= 0.6 is 12.4 Å². The molecule has 0 bridgehead atoms. The van der Waals surface area contributed by atoms with Crippen LogP contribution < -0.4 is 10.6 Å². The molecular weight excluding hydrogens is 388 g/mol. The fraction of sp³-hybridized carbons (Fsp3) is 0.652. The molecule has 6 heteroatoms. The van der Waals surface area contributed by atoms with E-state index in [4.69, 9.17) is 4.74 Å². The average molecular weight is 423 g/mol. The van der Waals surface area contributed by atoms with Gasteiger partial charge in [0.25, 0.3) is 0 Å². The summed E-state index contributed by atoms with van der Waals surface area (Å²) in [4.78, 5) is 24.4. The van der Waals surface area contributed by atoms with Crippen LogP contribution in [-0.4, -0.2) is 31.6 Å². The second kappa shape index (κ2) is 12.2. The molecule has 3 rings (SSSR count). The third-order valence-corrected chi connectivity index (χ3v) is 6.24. The van der Waals surface area contributed by atoms with Gasteiger partial charge in [-0.3, -0.25) is 9.59 Å². The van der Waals surface area contributed by atoms with Crippen molar-refractivity contribution >= 4 is 30.0 Å². The molecule has 0 aromatic heterocycles. The van der Waals surface area contributed by atoms with Gasteiger partial charge in [0.2, 0.25) is 5.91 Å². The number of rotatable bonds is 7. The van der Waals surface area contributed by atoms with Gasteiger partial charge in [0.05, 0.1) is 12.5 Å². The molecule has 1 aliphatic heterocycles. The Morgan fingerprint density at radius 1 is 1.00 bits per heavy atom. The summed E-state index contributed by atoms with van der Waals surface area (Å²) in [5.41, 5.74) is 2.20. The van der Waals surface area contributed by atoms with Gasteiger partial charge in [0, 0.05) is 11.6 Å². The summed E-state index contributed by atoms with van der Waals surface area (Å²) in [5.74, 6) is 0.755. The Kier molecular flexibility index (Phi) is 9.95. The molecule has 0 atom stereocenters. The maximum absolute atomic E-state index is 12.6. The van der Waals surface area contributed by atoms with Gasteiger partial charge in [0.15, 0.2) is 0 Å². The van der Waals surface area contributed by atoms with Crippen LogP contribution in [0.5, 0.6) is 0 Å². The third-order valence-electron chi connectivity index (χ3n) is 6.24. The highest BCUT2D eigenvalue weighted by molar-refractivity contribution is 5.92. The van der Waals surface area contributed by atoms with E-state index in [0.29, 0.717) is 6.61 Å². The van der Waals surface area contributed by atoms with Crippen molar-refractivity contribution in [3.05, 3.63) is 29.8 Å². The number of carbonyl (C=O) groups excluding carboxylic acids is 2. The lowest BCUT2D eigenvalue weighted by Gasteiger charge is -2.26. The zero-order chi connectivity index (χ0) is 19.8. The second-order valence-corrected chi connectivity index (χ2v) is 8.22. The van der Waals surface area contributed by atoms with Crippen molar-refractivity contribution < 1.29 is 14.3 Å². The molecule has 1 amide bonds. The van der Waals surface area contributed by atoms with Crippen molar-refractivity contribution in [2.75, 3.05) is 25.0 Å². The van der Waals surface area contributed by atoms with E-state index < -0.39 is 0 Å². The zero-order valence-corrected chi connectivity index (χ0v) is 18.3. The fourth-order valence-electron chi connectivity index (χ4n) is 4.39. The van der Waals surface area contributed by atoms with E-state index in [9.17, 15) is 9.59 Å². The highest BCUT2D eigenvalue weighted by atomic mass is 35.5. The molecule has 0 spiro atoms. The van der Waals surface area contributed by atoms with Gasteiger partial charge < -0.3 is 15.4 Å². The molecule has 162 valence electrons. The van der Waals surface area contributed by atoms with Gasteiger partial charge in [-0.2, -0.15) is 0 Å². The highest BCUT2D eigenvalue weighted by Crippen LogP contribution is 2.30. The van der Waals surface area contributed by atoms with Crippen molar-refractivity contribution in [3.63, 3.8) is 0 Å². The van der Waals surface area contributed by atoms with Crippen LogP contribution in [0.25, 0.3) is 0 Å². The van der Waals surface area contributed by atoms with Crippen molar-refractivity contribution in [3.8, 4) is 0 Å². The predicted molar refractivity (Wildman–Crippen MR) is 118 cm³/mol. The molecule has 2 fully saturated rings. The van der Waals surface area contributed by atoms with Crippen LogP contribution in [-0.2, 0) is 20.7 Å². The Labute approximate surface area is 180 Å². The van der Waals surface area contributed by atoms with Crippen LogP contribution in [0.2, 0.25) is 0 Å². The van der Waals surface area contributed by atoms with Crippen LogP contribution in [0.15, 0.2) is 24.3 Å². The van der Waals surface area contributed by atoms with Gasteiger partial charge in [-0.05, 0) is 95.0 Å². The summed E-state index contributed by atoms with van der Waals surface area (Å²) in [6.07, 6.45) is 7.92. The van der Waals surface area contributed by atoms with E-state index in [-0.39, 0.29) is 36.1 Å². The number of amides is 1. The first-order valence-electron chi connectivity index (χ1n) is 10.9. The first-order valence-corrected chi connectivity index (χ1v) is 10.9. The highest BCUT2D eigenvalue weighted by Gasteiger charge is 2.30. The molecule has 1 heterocycles. The summed E-state index contributed by atoms with van der Waals surface area (Å²) >= 11 is 0. The summed E-state index contributed by atoms with van der Waals surface area (Å²) < 4.78 is 5.10. The number of anilines is 1. The van der Waals surface area contributed by atoms with Gasteiger partial charge in [-0.25, -0.2) is 0 Å². The number of ether oxygens (including phenoxy) is 1. The number of benzene rings is 1. The molecule has 2 aliphatic rings. The van der Waals surface area contributed by atoms with Crippen LogP contribution in [0.4, 0.5) is 5.69 Å². The predicted octanol–water partition coefficient (Wildman–Crippen LogP) is 4.35. The van der Waals surface area contributed by atoms with Crippen LogP contribution in [0.1, 0.15) is 57.4 Å². The molecular formula is C23H35ClN2O3. The van der Waals surface area contributed by atoms with Crippen molar-refractivity contribution in [1.82, 2.24) is 5.32 Å². The largest absolute Gasteiger partial charge is 0.466 e. The Morgan fingerprint density at radius 3 is 2.24 bits per heavy atom. The summed E-state index contributed by atoms with van der Waals surface area (Å²) in [5, 5.41) is 6.47. The number of hydrogen-bond donors (Lipinski definition) is 2. The molecule has 29 heavy (non-hydrogen) atoms. The maximum atomic E-state index is 12.6. The number of halogens is 1. The molecule has 1 saturated heterocycles. The van der Waals surface area contributed by atoms with E-state index in [1.165, 1.54) is 24.8 Å². The SMILES string of the molecule is CCOC(=O)C1CCC(C(=O)Nc2ccc(CCC3CCNCC3)cc2)CC1.Cl. The lowest BCUT2D eigenvalue weighted by molar-refractivity contribution is -0.149. The Balaban J connectivity index is 0.00000300. The number of aryl methyl sites for hydroxylation is 1. The normalized spacial score (nSPS) is 22.4. The quantitative estimate of drug-likeness (QED) is 0.641. The van der Waals surface area contributed by atoms with E-state index in [0.717, 1.165) is 56.8 Å². The molecule has 0 unspecified atom stereocenters. The zero-order valence-electron chi connectivity index (χ0n) is 17.5. The number of nitrogens with one attached hydrogen (secondary N) is 2.